The number of ketones is 2. The molecule has 0 radical (unpaired) electrons. The summed E-state index contributed by atoms with van der Waals surface area (Å²) in [5, 5.41) is 0. The highest BCUT2D eigenvalue weighted by Gasteiger charge is 2.71. The predicted molar refractivity (Wildman–Crippen MR) is 38.9 cm³/mol. The monoisotopic (exact) mass is 220 g/mol. The first kappa shape index (κ1) is 8.60. The van der Waals surface area contributed by atoms with Crippen LogP contribution in [0.3, 0.4) is 0 Å². The van der Waals surface area contributed by atoms with Crippen LogP contribution in [0.1, 0.15) is 0 Å². The summed E-state index contributed by atoms with van der Waals surface area (Å²) in [6.45, 7) is 0. The summed E-state index contributed by atoms with van der Waals surface area (Å²) in [6, 6.07) is 0. The molecule has 1 saturated carbocycles. The molecule has 6 heteroatoms. The SMILES string of the molecule is O=C1C(=O)C(Cl)(Cl)C1(Cl)Cl. The fraction of sp³-hybridized carbons (Fsp3) is 0.500. The maximum atomic E-state index is 10.5. The van der Waals surface area contributed by atoms with Crippen molar-refractivity contribution < 1.29 is 9.59 Å². The van der Waals surface area contributed by atoms with Gasteiger partial charge in [-0.1, -0.05) is 46.4 Å². The van der Waals surface area contributed by atoms with E-state index in [-0.39, 0.29) is 0 Å². The molecule has 10 heavy (non-hydrogen) atoms. The highest BCUT2D eigenvalue weighted by atomic mass is 35.5. The lowest BCUT2D eigenvalue weighted by Gasteiger charge is -2.37. The van der Waals surface area contributed by atoms with E-state index in [4.69, 9.17) is 46.4 Å². The Kier molecular flexibility index (Phi) is 1.72. The lowest BCUT2D eigenvalue weighted by atomic mass is 9.93. The van der Waals surface area contributed by atoms with Crippen molar-refractivity contribution in [2.45, 2.75) is 8.67 Å². The fourth-order valence-electron chi connectivity index (χ4n) is 0.508. The van der Waals surface area contributed by atoms with Crippen LogP contribution in [0.4, 0.5) is 0 Å². The van der Waals surface area contributed by atoms with Crippen LogP contribution in [0.2, 0.25) is 0 Å². The van der Waals surface area contributed by atoms with E-state index in [1.54, 1.807) is 0 Å². The van der Waals surface area contributed by atoms with Crippen LogP contribution in [-0.2, 0) is 9.59 Å². The van der Waals surface area contributed by atoms with Crippen molar-refractivity contribution in [3.63, 3.8) is 0 Å². The lowest BCUT2D eigenvalue weighted by Crippen LogP contribution is -2.65. The summed E-state index contributed by atoms with van der Waals surface area (Å²) < 4.78 is -3.93. The number of hydrogen-bond donors (Lipinski definition) is 0. The van der Waals surface area contributed by atoms with Crippen LogP contribution in [0.15, 0.2) is 0 Å². The van der Waals surface area contributed by atoms with Gasteiger partial charge in [0.1, 0.15) is 0 Å². The standard InChI is InChI=1S/C4Cl4O2/c5-3(6)1(9)2(10)4(3,7)8. The summed E-state index contributed by atoms with van der Waals surface area (Å²) in [6.07, 6.45) is 0. The van der Waals surface area contributed by atoms with E-state index < -0.39 is 20.2 Å². The quantitative estimate of drug-likeness (QED) is 0.459. The third-order valence-electron chi connectivity index (χ3n) is 1.17. The fourth-order valence-corrected chi connectivity index (χ4v) is 1.19. The zero-order valence-corrected chi connectivity index (χ0v) is 7.35. The predicted octanol–water partition coefficient (Wildman–Crippen LogP) is 1.49. The molecule has 1 aliphatic carbocycles. The Balaban J connectivity index is 3.04. The average molecular weight is 222 g/mol. The molecule has 56 valence electrons. The van der Waals surface area contributed by atoms with Gasteiger partial charge in [0, 0.05) is 0 Å². The molecule has 0 N–H and O–H groups in total. The van der Waals surface area contributed by atoms with Crippen molar-refractivity contribution in [3.05, 3.63) is 0 Å². The molecule has 0 bridgehead atoms. The van der Waals surface area contributed by atoms with Crippen LogP contribution >= 0.6 is 46.4 Å². The van der Waals surface area contributed by atoms with Gasteiger partial charge in [-0.15, -0.1) is 0 Å². The van der Waals surface area contributed by atoms with Gasteiger partial charge in [0.25, 0.3) is 0 Å². The third-order valence-corrected chi connectivity index (χ3v) is 3.38. The highest BCUT2D eigenvalue weighted by Crippen LogP contribution is 2.52. The molecule has 0 unspecified atom stereocenters. The van der Waals surface area contributed by atoms with Crippen LogP contribution < -0.4 is 0 Å². The summed E-state index contributed by atoms with van der Waals surface area (Å²) in [5.41, 5.74) is 0. The van der Waals surface area contributed by atoms with E-state index in [1.807, 2.05) is 0 Å². The number of carbonyl (C=O) groups is 2. The Morgan fingerprint density at radius 3 is 1.10 bits per heavy atom. The molecule has 1 aliphatic rings. The van der Waals surface area contributed by atoms with Gasteiger partial charge in [-0.25, -0.2) is 0 Å². The van der Waals surface area contributed by atoms with E-state index in [0.29, 0.717) is 0 Å². The number of hydrogen-bond acceptors (Lipinski definition) is 2. The molecular formula is C4Cl4O2. The van der Waals surface area contributed by atoms with Crippen LogP contribution in [0, 0.1) is 0 Å². The van der Waals surface area contributed by atoms with Gasteiger partial charge in [0.2, 0.25) is 20.2 Å². The molecule has 0 aliphatic heterocycles. The minimum atomic E-state index is -1.97. The van der Waals surface area contributed by atoms with Crippen molar-refractivity contribution in [1.29, 1.82) is 0 Å². The normalized spacial score (nSPS) is 28.0. The number of rotatable bonds is 0. The van der Waals surface area contributed by atoms with E-state index >= 15 is 0 Å². The second-order valence-electron chi connectivity index (χ2n) is 1.81. The largest absolute Gasteiger partial charge is 0.287 e. The van der Waals surface area contributed by atoms with Crippen molar-refractivity contribution in [2.75, 3.05) is 0 Å². The zero-order chi connectivity index (χ0) is 8.15. The van der Waals surface area contributed by atoms with Crippen LogP contribution in [0.5, 0.6) is 0 Å². The number of alkyl halides is 4. The summed E-state index contributed by atoms with van der Waals surface area (Å²) in [4.78, 5) is 21.0. The third kappa shape index (κ3) is 0.735. The maximum Gasteiger partial charge on any atom is 0.241 e. The summed E-state index contributed by atoms with van der Waals surface area (Å²) in [5.74, 6) is -1.92. The van der Waals surface area contributed by atoms with Crippen LogP contribution in [0.25, 0.3) is 0 Å². The first-order chi connectivity index (χ1) is 4.32. The van der Waals surface area contributed by atoms with Crippen molar-refractivity contribution in [2.24, 2.45) is 0 Å². The van der Waals surface area contributed by atoms with Gasteiger partial charge in [0.15, 0.2) is 0 Å². The van der Waals surface area contributed by atoms with Crippen molar-refractivity contribution in [1.82, 2.24) is 0 Å². The van der Waals surface area contributed by atoms with E-state index in [0.717, 1.165) is 0 Å². The molecule has 0 saturated heterocycles. The van der Waals surface area contributed by atoms with Gasteiger partial charge < -0.3 is 0 Å². The van der Waals surface area contributed by atoms with Gasteiger partial charge >= 0.3 is 0 Å². The van der Waals surface area contributed by atoms with E-state index in [2.05, 4.69) is 0 Å². The first-order valence-electron chi connectivity index (χ1n) is 2.16. The number of carbonyl (C=O) groups excluding carboxylic acids is 2. The Bertz CT molecular complexity index is 195. The molecule has 2 nitrogen and oxygen atoms in total. The molecule has 1 fully saturated rings. The molecule has 0 aromatic carbocycles. The highest BCUT2D eigenvalue weighted by molar-refractivity contribution is 6.90. The van der Waals surface area contributed by atoms with E-state index in [1.165, 1.54) is 0 Å². The molecule has 0 aromatic heterocycles. The molecule has 1 rings (SSSR count). The lowest BCUT2D eigenvalue weighted by molar-refractivity contribution is -0.143. The van der Waals surface area contributed by atoms with Gasteiger partial charge in [-0.05, 0) is 0 Å². The molecule has 0 spiro atoms. The molecule has 0 amide bonds. The summed E-state index contributed by atoms with van der Waals surface area (Å²) in [7, 11) is 0. The Labute approximate surface area is 76.4 Å². The Morgan fingerprint density at radius 1 is 0.800 bits per heavy atom. The molecular weight excluding hydrogens is 222 g/mol. The minimum Gasteiger partial charge on any atom is -0.287 e. The van der Waals surface area contributed by atoms with E-state index in [9.17, 15) is 9.59 Å². The van der Waals surface area contributed by atoms with Crippen LogP contribution in [-0.4, -0.2) is 20.2 Å². The molecule has 0 heterocycles. The first-order valence-corrected chi connectivity index (χ1v) is 3.68. The minimum absolute atomic E-state index is 0.958. The number of Topliss-reactive ketones (excluding diaryl/α,β-unsaturated/α-hetero) is 2. The smallest absolute Gasteiger partial charge is 0.241 e. The topological polar surface area (TPSA) is 34.1 Å². The molecule has 0 atom stereocenters. The number of halogens is 4. The second kappa shape index (κ2) is 2.01. The van der Waals surface area contributed by atoms with Gasteiger partial charge in [-0.3, -0.25) is 9.59 Å². The van der Waals surface area contributed by atoms with Gasteiger partial charge in [-0.2, -0.15) is 0 Å². The molecule has 0 aromatic rings. The zero-order valence-electron chi connectivity index (χ0n) is 4.33. The van der Waals surface area contributed by atoms with Crippen molar-refractivity contribution >= 4 is 58.0 Å². The average Bonchev–Trinajstić information content (AvgIpc) is 1.84. The second-order valence-corrected chi connectivity index (χ2v) is 4.46. The maximum absolute atomic E-state index is 10.5. The Morgan fingerprint density at radius 2 is 1.00 bits per heavy atom. The van der Waals surface area contributed by atoms with Crippen molar-refractivity contribution in [3.8, 4) is 0 Å². The van der Waals surface area contributed by atoms with Gasteiger partial charge in [0.05, 0.1) is 0 Å². The summed E-state index contributed by atoms with van der Waals surface area (Å²) >= 11 is 21.1. The Hall–Kier alpha value is 0.500.